The standard InChI is InChI=1S/C30H26F7N3O2/c31-22-5-3-19(26(38)16-22)12-24(41)6-1-17-2-7-25-18(11-17)4-8-27(25)39-10-9-28(42)40-23-14-20(29(32,33)34)13-21(15-23)30(35,36)37/h1-3,5-7,11,13-16,27,39H,4,8-10,12,38H2,(H,40,42)/b6-1+. The highest BCUT2D eigenvalue weighted by atomic mass is 19.4. The molecule has 222 valence electrons. The molecule has 0 fully saturated rings. The lowest BCUT2D eigenvalue weighted by Crippen LogP contribution is -2.25. The van der Waals surface area contributed by atoms with Gasteiger partial charge in [0, 0.05) is 36.8 Å². The van der Waals surface area contributed by atoms with Gasteiger partial charge in [0.1, 0.15) is 5.82 Å². The van der Waals surface area contributed by atoms with Gasteiger partial charge in [0.2, 0.25) is 5.91 Å². The van der Waals surface area contributed by atoms with Crippen molar-refractivity contribution in [1.82, 2.24) is 5.32 Å². The van der Waals surface area contributed by atoms with Crippen LogP contribution in [0, 0.1) is 5.82 Å². The Balaban J connectivity index is 1.31. The minimum atomic E-state index is -5.01. The lowest BCUT2D eigenvalue weighted by Gasteiger charge is -2.16. The van der Waals surface area contributed by atoms with Crippen LogP contribution in [0.1, 0.15) is 52.3 Å². The van der Waals surface area contributed by atoms with Crippen LogP contribution in [0.2, 0.25) is 0 Å². The second-order valence-electron chi connectivity index (χ2n) is 9.92. The van der Waals surface area contributed by atoms with E-state index in [1.807, 2.05) is 18.2 Å². The average Bonchev–Trinajstić information content (AvgIpc) is 3.30. The molecule has 0 heterocycles. The van der Waals surface area contributed by atoms with Gasteiger partial charge in [0.15, 0.2) is 5.78 Å². The molecule has 5 nitrogen and oxygen atoms in total. The third-order valence-corrected chi connectivity index (χ3v) is 6.79. The van der Waals surface area contributed by atoms with Crippen molar-refractivity contribution in [2.24, 2.45) is 0 Å². The average molecular weight is 594 g/mol. The van der Waals surface area contributed by atoms with E-state index in [2.05, 4.69) is 10.6 Å². The van der Waals surface area contributed by atoms with Gasteiger partial charge in [0.05, 0.1) is 11.1 Å². The maximum atomic E-state index is 13.2. The van der Waals surface area contributed by atoms with E-state index in [0.717, 1.165) is 35.6 Å². The van der Waals surface area contributed by atoms with E-state index >= 15 is 0 Å². The number of alkyl halides is 6. The van der Waals surface area contributed by atoms with Gasteiger partial charge in [-0.25, -0.2) is 4.39 Å². The van der Waals surface area contributed by atoms with E-state index in [1.54, 1.807) is 6.08 Å². The van der Waals surface area contributed by atoms with E-state index < -0.39 is 40.9 Å². The molecule has 1 aliphatic carbocycles. The number of carbonyl (C=O) groups is 2. The van der Waals surface area contributed by atoms with Crippen molar-refractivity contribution in [2.75, 3.05) is 17.6 Å². The van der Waals surface area contributed by atoms with Crippen molar-refractivity contribution < 1.29 is 40.3 Å². The highest BCUT2D eigenvalue weighted by Gasteiger charge is 2.37. The number of aryl methyl sites for hydroxylation is 1. The van der Waals surface area contributed by atoms with E-state index in [4.69, 9.17) is 5.73 Å². The predicted octanol–water partition coefficient (Wildman–Crippen LogP) is 6.88. The van der Waals surface area contributed by atoms with Crippen LogP contribution in [0.5, 0.6) is 0 Å². The molecule has 1 atom stereocenters. The van der Waals surface area contributed by atoms with Gasteiger partial charge < -0.3 is 16.4 Å². The Kier molecular flexibility index (Phi) is 9.05. The summed E-state index contributed by atoms with van der Waals surface area (Å²) in [5.74, 6) is -1.42. The number of nitrogens with one attached hydrogen (secondary N) is 2. The number of ketones is 1. The fraction of sp³-hybridized carbons (Fsp3) is 0.267. The summed E-state index contributed by atoms with van der Waals surface area (Å²) in [6, 6.07) is 10.4. The molecule has 0 bridgehead atoms. The topological polar surface area (TPSA) is 84.2 Å². The smallest absolute Gasteiger partial charge is 0.398 e. The van der Waals surface area contributed by atoms with Crippen molar-refractivity contribution in [1.29, 1.82) is 0 Å². The van der Waals surface area contributed by atoms with Crippen molar-refractivity contribution in [3.63, 3.8) is 0 Å². The van der Waals surface area contributed by atoms with Gasteiger partial charge in [-0.3, -0.25) is 9.59 Å². The Morgan fingerprint density at radius 2 is 1.62 bits per heavy atom. The molecule has 4 N–H and O–H groups in total. The number of halogens is 7. The first kappa shape index (κ1) is 30.8. The number of carbonyl (C=O) groups excluding carboxylic acids is 2. The Morgan fingerprint density at radius 3 is 2.26 bits per heavy atom. The monoisotopic (exact) mass is 593 g/mol. The number of hydrogen-bond donors (Lipinski definition) is 3. The Labute approximate surface area is 236 Å². The highest BCUT2D eigenvalue weighted by molar-refractivity contribution is 5.95. The highest BCUT2D eigenvalue weighted by Crippen LogP contribution is 2.37. The molecule has 0 aliphatic heterocycles. The quantitative estimate of drug-likeness (QED) is 0.144. The first-order valence-corrected chi connectivity index (χ1v) is 12.9. The number of benzene rings is 3. The largest absolute Gasteiger partial charge is 0.416 e. The minimum Gasteiger partial charge on any atom is -0.398 e. The van der Waals surface area contributed by atoms with Crippen LogP contribution in [0.3, 0.4) is 0 Å². The van der Waals surface area contributed by atoms with Crippen LogP contribution in [0.25, 0.3) is 6.08 Å². The van der Waals surface area contributed by atoms with E-state index in [9.17, 15) is 40.3 Å². The summed E-state index contributed by atoms with van der Waals surface area (Å²) in [6.07, 6.45) is -5.62. The van der Waals surface area contributed by atoms with Crippen LogP contribution in [0.4, 0.5) is 42.1 Å². The zero-order chi connectivity index (χ0) is 30.7. The second-order valence-corrected chi connectivity index (χ2v) is 9.92. The van der Waals surface area contributed by atoms with Gasteiger partial charge in [-0.15, -0.1) is 0 Å². The fourth-order valence-corrected chi connectivity index (χ4v) is 4.73. The fourth-order valence-electron chi connectivity index (χ4n) is 4.73. The number of amides is 1. The molecule has 42 heavy (non-hydrogen) atoms. The molecule has 12 heteroatoms. The number of fused-ring (bicyclic) bond motifs is 1. The van der Waals surface area contributed by atoms with Gasteiger partial charge in [-0.05, 0) is 71.5 Å². The van der Waals surface area contributed by atoms with Crippen molar-refractivity contribution in [3.05, 3.63) is 99.9 Å². The summed E-state index contributed by atoms with van der Waals surface area (Å²) in [7, 11) is 0. The molecule has 3 aromatic rings. The summed E-state index contributed by atoms with van der Waals surface area (Å²) < 4.78 is 91.5. The zero-order valence-corrected chi connectivity index (χ0v) is 22.0. The Hall–Kier alpha value is -4.19. The van der Waals surface area contributed by atoms with Crippen LogP contribution in [0.15, 0.2) is 60.7 Å². The van der Waals surface area contributed by atoms with Gasteiger partial charge >= 0.3 is 12.4 Å². The molecule has 1 amide bonds. The number of rotatable bonds is 9. The molecule has 0 saturated carbocycles. The number of anilines is 2. The van der Waals surface area contributed by atoms with Gasteiger partial charge in [-0.2, -0.15) is 26.3 Å². The molecule has 0 saturated heterocycles. The molecule has 1 unspecified atom stereocenters. The van der Waals surface area contributed by atoms with E-state index in [1.165, 1.54) is 18.2 Å². The predicted molar refractivity (Wildman–Crippen MR) is 144 cm³/mol. The van der Waals surface area contributed by atoms with Crippen LogP contribution >= 0.6 is 0 Å². The van der Waals surface area contributed by atoms with Crippen LogP contribution in [-0.2, 0) is 34.8 Å². The molecule has 0 aromatic heterocycles. The molecule has 4 rings (SSSR count). The first-order chi connectivity index (χ1) is 19.7. The van der Waals surface area contributed by atoms with E-state index in [-0.39, 0.29) is 43.0 Å². The van der Waals surface area contributed by atoms with E-state index in [0.29, 0.717) is 17.7 Å². The third-order valence-electron chi connectivity index (χ3n) is 6.79. The molecule has 3 aromatic carbocycles. The maximum absolute atomic E-state index is 13.2. The van der Waals surface area contributed by atoms with Gasteiger partial charge in [0.25, 0.3) is 0 Å². The molecular weight excluding hydrogens is 567 g/mol. The molecule has 1 aliphatic rings. The molecular formula is C30H26F7N3O2. The maximum Gasteiger partial charge on any atom is 0.416 e. The number of allylic oxidation sites excluding steroid dienone is 1. The summed E-state index contributed by atoms with van der Waals surface area (Å²) in [5, 5.41) is 5.33. The summed E-state index contributed by atoms with van der Waals surface area (Å²) in [6.45, 7) is 0.143. The van der Waals surface area contributed by atoms with Crippen molar-refractivity contribution >= 4 is 29.1 Å². The van der Waals surface area contributed by atoms with Crippen molar-refractivity contribution in [2.45, 2.75) is 44.1 Å². The lowest BCUT2D eigenvalue weighted by atomic mass is 10.0. The second kappa shape index (κ2) is 12.4. The zero-order valence-electron chi connectivity index (χ0n) is 22.0. The van der Waals surface area contributed by atoms with Gasteiger partial charge in [-0.1, -0.05) is 30.3 Å². The van der Waals surface area contributed by atoms with Crippen LogP contribution in [-0.4, -0.2) is 18.2 Å². The number of nitrogens with two attached hydrogens (primary N) is 1. The summed E-state index contributed by atoms with van der Waals surface area (Å²) >= 11 is 0. The summed E-state index contributed by atoms with van der Waals surface area (Å²) in [5.41, 5.74) is 5.72. The summed E-state index contributed by atoms with van der Waals surface area (Å²) in [4.78, 5) is 24.6. The lowest BCUT2D eigenvalue weighted by molar-refractivity contribution is -0.143. The minimum absolute atomic E-state index is 0.00190. The normalized spacial score (nSPS) is 15.2. The first-order valence-electron chi connectivity index (χ1n) is 12.9. The van der Waals surface area contributed by atoms with Crippen molar-refractivity contribution in [3.8, 4) is 0 Å². The third kappa shape index (κ3) is 7.96. The Bertz CT molecular complexity index is 1480. The number of hydrogen-bond acceptors (Lipinski definition) is 4. The van der Waals surface area contributed by atoms with Crippen LogP contribution < -0.4 is 16.4 Å². The Morgan fingerprint density at radius 1 is 0.929 bits per heavy atom. The molecule has 0 spiro atoms. The number of nitrogen functional groups attached to an aromatic ring is 1. The SMILES string of the molecule is Nc1cc(F)ccc1CC(=O)/C=C/c1ccc2c(c1)CCC2NCCC(=O)Nc1cc(C(F)(F)F)cc(C(F)(F)F)c1. The molecule has 0 radical (unpaired) electrons.